The average molecular weight is 1810 g/mol. The van der Waals surface area contributed by atoms with E-state index in [0.29, 0.717) is 13.1 Å². The van der Waals surface area contributed by atoms with Crippen LogP contribution < -0.4 is 0 Å². The van der Waals surface area contributed by atoms with Crippen LogP contribution >= 0.6 is 0 Å². The predicted octanol–water partition coefficient (Wildman–Crippen LogP) is 15.4. The molecule has 104 heavy (non-hydrogen) atoms. The van der Waals surface area contributed by atoms with Crippen molar-refractivity contribution in [1.82, 2.24) is 0 Å². The molecule has 0 aromatic heterocycles. The Kier molecular flexibility index (Phi) is 35.2. The number of methoxy groups -OCH3 is 2. The first-order chi connectivity index (χ1) is 44.8. The first kappa shape index (κ1) is 106. The van der Waals surface area contributed by atoms with Crippen molar-refractivity contribution in [3.63, 3.8) is 0 Å². The zero-order chi connectivity index (χ0) is 85.4. The normalized spacial score (nSPS) is 18.3. The van der Waals surface area contributed by atoms with E-state index in [-0.39, 0.29) is 45.4 Å². The van der Waals surface area contributed by atoms with Crippen LogP contribution in [0.5, 0.6) is 0 Å². The molecule has 2 atom stereocenters. The van der Waals surface area contributed by atoms with E-state index in [2.05, 4.69) is 57.8 Å². The van der Waals surface area contributed by atoms with Gasteiger partial charge in [-0.05, 0) is 58.9 Å². The summed E-state index contributed by atoms with van der Waals surface area (Å²) in [6.45, 7) is 1.94. The quantitative estimate of drug-likeness (QED) is 0.0733. The van der Waals surface area contributed by atoms with Crippen molar-refractivity contribution in [2.24, 2.45) is 0 Å². The first-order valence-electron chi connectivity index (χ1n) is 24.6. The summed E-state index contributed by atoms with van der Waals surface area (Å²) >= 11 is 0. The van der Waals surface area contributed by atoms with Crippen LogP contribution in [0.3, 0.4) is 0 Å². The molecule has 0 spiro atoms. The van der Waals surface area contributed by atoms with Crippen LogP contribution in [0.15, 0.2) is 0 Å². The van der Waals surface area contributed by atoms with Gasteiger partial charge in [-0.15, -0.1) is 52.7 Å². The summed E-state index contributed by atoms with van der Waals surface area (Å²) in [6, 6.07) is 0. The molecule has 0 aliphatic carbocycles. The lowest BCUT2D eigenvalue weighted by atomic mass is 11.3. The average Bonchev–Trinajstić information content (AvgIpc) is 0.698. The second-order valence-corrected chi connectivity index (χ2v) is 54.6. The minimum atomic E-state index is -9.10. The third-order valence-electron chi connectivity index (χ3n) is 11.1. The summed E-state index contributed by atoms with van der Waals surface area (Å²) in [4.78, 5) is 75.5. The molecule has 1 aliphatic rings. The molecule has 0 amide bonds. The molecule has 2 unspecified atom stereocenters. The SMILES string of the molecule is COC(=O)[Si](C)(COC=O)C(=O)OC.C[SiH](C(=O)OC(F)(F)F)C(=O)OC(F)(F)F.C[Si](C)(O[Si](C)(O[Si](C)(C(F)(F)F)C(F)(F)F)C(F)(F)F)C(F)(F)F.C[Si](CO)(C(=O)OC(F)(F)F)C(=O)OC(F)(F)F.C[Si]1(C)O[Si](C)(C(F)(F)F)O[Si](C(F)(F)F)(C(F)(F)F)O[Si](C(F)(F)F)(C(F)(F)F)O1. The summed E-state index contributed by atoms with van der Waals surface area (Å²) in [7, 11) is -58.6. The molecule has 1 saturated heterocycles. The summed E-state index contributed by atoms with van der Waals surface area (Å²) in [5.74, 6) is -58.7. The number of rotatable bonds is 14. The number of aliphatic hydroxyl groups is 1. The van der Waals surface area contributed by atoms with E-state index in [1.54, 1.807) is 0 Å². The Morgan fingerprint density at radius 3 is 0.923 bits per heavy atom. The number of carbonyl (C=O) groups is 7. The fourth-order valence-electron chi connectivity index (χ4n) is 5.62. The van der Waals surface area contributed by atoms with Crippen molar-refractivity contribution in [1.29, 1.82) is 0 Å². The highest BCUT2D eigenvalue weighted by Gasteiger charge is 2.93. The van der Waals surface area contributed by atoms with E-state index in [1.807, 2.05) is 0 Å². The smallest absolute Gasteiger partial charge is 0.473 e. The van der Waals surface area contributed by atoms with Crippen molar-refractivity contribution in [3.8, 4) is 0 Å². The number of hydrogen-bond acceptors (Lipinski definition) is 21. The molecular formula is C34H43F39O21Si10. The van der Waals surface area contributed by atoms with Crippen LogP contribution in [0.1, 0.15) is 0 Å². The van der Waals surface area contributed by atoms with Gasteiger partial charge >= 0.3 is 145 Å². The molecule has 70 heteroatoms. The number of ether oxygens (including phenoxy) is 7. The van der Waals surface area contributed by atoms with Gasteiger partial charge in [-0.1, -0.05) is 6.55 Å². The van der Waals surface area contributed by atoms with Crippen molar-refractivity contribution in [2.75, 3.05) is 26.7 Å². The predicted molar refractivity (Wildman–Crippen MR) is 273 cm³/mol. The maximum Gasteiger partial charge on any atom is 0.574 e. The standard InChI is InChI=1S/C8H9F15O4Si4.C8H12F12O2Si3.C7H12O6Si.C6H6F6O5Si.C5H4F6O4Si/c1-28(2)24-29(3,4(9,10)11)26-31(7(18,19)20,8(21,22)23)27-30(25-28,5(12,13)14)6(15,16)17;1-23(2,5(9,10)11)21-25(4,8(18,19)20)22-24(3,6(12,13)14)7(15,16)17;1-11-6(9)14(3,5-13-4-8)7(10)12-2;1-18(2-13,3(14)16-5(7,8)9)4(15)17-6(10,11)12;1-16(2(12)14-4(6,7)8)3(13)15-5(9,10)11/h1-3H3;1-4H3;4H,5H2,1-3H3;13H,2H2,1H3;16H,1H3. The molecule has 0 bridgehead atoms. The molecule has 1 heterocycles. The van der Waals surface area contributed by atoms with Gasteiger partial charge in [0.1, 0.15) is 6.23 Å². The highest BCUT2D eigenvalue weighted by Crippen LogP contribution is 2.56. The number of hydrogen-bond donors (Lipinski definition) is 1. The molecule has 1 fully saturated rings. The first-order valence-corrected chi connectivity index (χ1v) is 48.7. The molecule has 1 aliphatic heterocycles. The molecule has 1 rings (SSSR count). The second kappa shape index (κ2) is 34.6. The van der Waals surface area contributed by atoms with Gasteiger partial charge in [0.25, 0.3) is 57.1 Å². The lowest BCUT2D eigenvalue weighted by Crippen LogP contribution is -2.84. The molecule has 21 nitrogen and oxygen atoms in total. The van der Waals surface area contributed by atoms with Gasteiger partial charge in [0.05, 0.1) is 20.4 Å². The minimum absolute atomic E-state index is 0.131. The number of alkyl halides is 39. The van der Waals surface area contributed by atoms with Crippen molar-refractivity contribution < 1.29 is 268 Å². The largest absolute Gasteiger partial charge is 0.574 e. The van der Waals surface area contributed by atoms with E-state index in [1.165, 1.54) is 6.55 Å². The second-order valence-electron chi connectivity index (χ2n) is 20.5. The van der Waals surface area contributed by atoms with Gasteiger partial charge < -0.3 is 63.0 Å². The Morgan fingerprint density at radius 2 is 0.702 bits per heavy atom. The summed E-state index contributed by atoms with van der Waals surface area (Å²) in [5, 5.41) is 8.65. The maximum atomic E-state index is 13.4. The third kappa shape index (κ3) is 29.1. The maximum absolute atomic E-state index is 13.4. The minimum Gasteiger partial charge on any atom is -0.473 e. The Bertz CT molecular complexity index is 2770. The summed E-state index contributed by atoms with van der Waals surface area (Å²) in [5.41, 5.74) is -9.97. The van der Waals surface area contributed by atoms with E-state index in [9.17, 15) is 205 Å². The van der Waals surface area contributed by atoms with Crippen LogP contribution in [0, 0.1) is 0 Å². The number of aliphatic hydroxyl groups excluding tert-OH is 1. The number of carbonyl (C=O) groups excluding carboxylic acids is 7. The van der Waals surface area contributed by atoms with E-state index in [0.717, 1.165) is 14.2 Å². The fraction of sp³-hybridized carbons (Fsp3) is 0.794. The van der Waals surface area contributed by atoms with Gasteiger partial charge in [0.2, 0.25) is 0 Å². The van der Waals surface area contributed by atoms with Crippen molar-refractivity contribution >= 4 is 124 Å². The van der Waals surface area contributed by atoms with Gasteiger partial charge in [-0.25, -0.2) is 0 Å². The summed E-state index contributed by atoms with van der Waals surface area (Å²) < 4.78 is 539. The molecule has 0 radical (unpaired) electrons. The highest BCUT2D eigenvalue weighted by atomic mass is 28.5. The Morgan fingerprint density at radius 1 is 0.404 bits per heavy atom. The zero-order valence-electron chi connectivity index (χ0n) is 51.9. The van der Waals surface area contributed by atoms with Gasteiger partial charge in [-0.2, -0.15) is 119 Å². The van der Waals surface area contributed by atoms with E-state index >= 15 is 0 Å². The molecule has 1 N–H and O–H groups in total. The lowest BCUT2D eigenvalue weighted by Gasteiger charge is -2.50. The lowest BCUT2D eigenvalue weighted by molar-refractivity contribution is -0.290. The fourth-order valence-corrected chi connectivity index (χ4v) is 37.2. The number of halogens is 39. The van der Waals surface area contributed by atoms with E-state index in [4.69, 9.17) is 5.11 Å². The van der Waals surface area contributed by atoms with Crippen LogP contribution in [0.2, 0.25) is 65.5 Å². The zero-order valence-corrected chi connectivity index (χ0v) is 62.1. The summed E-state index contributed by atoms with van der Waals surface area (Å²) in [6.07, 6.45) is -23.4. The monoisotopic (exact) mass is 1810 g/mol. The van der Waals surface area contributed by atoms with Gasteiger partial charge in [-0.3, -0.25) is 33.6 Å². The van der Waals surface area contributed by atoms with Crippen molar-refractivity contribution in [2.45, 2.75) is 143 Å². The van der Waals surface area contributed by atoms with E-state index < -0.39 is 215 Å². The molecule has 0 saturated carbocycles. The molecule has 0 aromatic carbocycles. The Labute approximate surface area is 561 Å². The van der Waals surface area contributed by atoms with Crippen LogP contribution in [0.4, 0.5) is 200 Å². The Balaban J connectivity index is -0.000000621. The topological polar surface area (TPSA) is 260 Å². The van der Waals surface area contributed by atoms with Gasteiger partial charge in [0.15, 0.2) is 0 Å². The third-order valence-corrected chi connectivity index (χ3v) is 45.3. The highest BCUT2D eigenvalue weighted by molar-refractivity contribution is 7.23. The molecule has 618 valence electrons. The van der Waals surface area contributed by atoms with Crippen LogP contribution in [0.25, 0.3) is 0 Å². The van der Waals surface area contributed by atoms with Crippen molar-refractivity contribution in [3.05, 3.63) is 0 Å². The van der Waals surface area contributed by atoms with Crippen LogP contribution in [-0.4, -0.2) is 234 Å². The molecule has 0 aromatic rings. The Hall–Kier alpha value is -4.55. The van der Waals surface area contributed by atoms with Crippen LogP contribution in [-0.2, 0) is 62.6 Å². The molecular weight excluding hydrogens is 1770 g/mol. The van der Waals surface area contributed by atoms with Gasteiger partial charge in [0, 0.05) is 0 Å².